The number of hydrogen-bond acceptors (Lipinski definition) is 3. The van der Waals surface area contributed by atoms with Crippen LogP contribution in [0.3, 0.4) is 0 Å². The Hall–Kier alpha value is -2.10. The number of hydrogen-bond donors (Lipinski definition) is 1. The van der Waals surface area contributed by atoms with E-state index in [0.717, 1.165) is 22.2 Å². The zero-order chi connectivity index (χ0) is 12.3. The average Bonchev–Trinajstić information content (AvgIpc) is 2.69. The van der Waals surface area contributed by atoms with Crippen LogP contribution in [0.4, 0.5) is 0 Å². The molecule has 0 radical (unpaired) electrons. The van der Waals surface area contributed by atoms with Crippen LogP contribution in [0.5, 0.6) is 0 Å². The molecule has 1 aromatic carbocycles. The number of nitrogens with zero attached hydrogens (tertiary/aromatic N) is 1. The Kier molecular flexibility index (Phi) is 3.23. The number of aryl methyl sites for hydroxylation is 1. The van der Waals surface area contributed by atoms with Crippen LogP contribution >= 0.6 is 0 Å². The van der Waals surface area contributed by atoms with Crippen molar-refractivity contribution in [2.24, 2.45) is 0 Å². The van der Waals surface area contributed by atoms with E-state index in [9.17, 15) is 4.79 Å². The van der Waals surface area contributed by atoms with Gasteiger partial charge in [-0.25, -0.2) is 4.79 Å². The molecule has 1 heterocycles. The Labute approximate surface area is 99.3 Å². The van der Waals surface area contributed by atoms with Gasteiger partial charge in [0.25, 0.3) is 0 Å². The summed E-state index contributed by atoms with van der Waals surface area (Å²) in [5.41, 5.74) is 2.87. The highest BCUT2D eigenvalue weighted by molar-refractivity contribution is 5.89. The van der Waals surface area contributed by atoms with Crippen LogP contribution in [0.25, 0.3) is 17.0 Å². The maximum atomic E-state index is 11.2. The molecule has 4 nitrogen and oxygen atoms in total. The monoisotopic (exact) mass is 230 g/mol. The fourth-order valence-corrected chi connectivity index (χ4v) is 1.62. The second-order valence-electron chi connectivity index (χ2n) is 3.71. The topological polar surface area (TPSA) is 55.0 Å². The average molecular weight is 230 g/mol. The van der Waals surface area contributed by atoms with Gasteiger partial charge in [0.1, 0.15) is 0 Å². The van der Waals surface area contributed by atoms with Crippen molar-refractivity contribution < 1.29 is 9.53 Å². The highest BCUT2D eigenvalue weighted by Crippen LogP contribution is 2.17. The van der Waals surface area contributed by atoms with E-state index in [2.05, 4.69) is 10.2 Å². The van der Waals surface area contributed by atoms with E-state index in [-0.39, 0.29) is 5.97 Å². The number of carbonyl (C=O) groups excluding carboxylic acids is 1. The van der Waals surface area contributed by atoms with E-state index in [1.165, 1.54) is 6.08 Å². The van der Waals surface area contributed by atoms with E-state index in [1.54, 1.807) is 13.0 Å². The number of fused-ring (bicyclic) bond motifs is 1. The van der Waals surface area contributed by atoms with E-state index in [0.29, 0.717) is 6.61 Å². The molecule has 1 aromatic heterocycles. The quantitative estimate of drug-likeness (QED) is 0.651. The summed E-state index contributed by atoms with van der Waals surface area (Å²) in [6.45, 7) is 4.15. The van der Waals surface area contributed by atoms with E-state index >= 15 is 0 Å². The zero-order valence-corrected chi connectivity index (χ0v) is 9.86. The second kappa shape index (κ2) is 4.82. The first-order valence-electron chi connectivity index (χ1n) is 5.50. The molecule has 0 saturated heterocycles. The maximum Gasteiger partial charge on any atom is 0.330 e. The third kappa shape index (κ3) is 2.53. The molecule has 0 bridgehead atoms. The molecule has 0 aliphatic carbocycles. The van der Waals surface area contributed by atoms with Crippen molar-refractivity contribution in [2.45, 2.75) is 13.8 Å². The molecule has 0 atom stereocenters. The van der Waals surface area contributed by atoms with E-state index < -0.39 is 0 Å². The minimum atomic E-state index is -0.328. The van der Waals surface area contributed by atoms with Crippen LogP contribution in [-0.2, 0) is 9.53 Å². The lowest BCUT2D eigenvalue weighted by molar-refractivity contribution is -0.137. The standard InChI is InChI=1S/C13H14N2O2/c1-3-17-13(16)7-5-10-4-6-11-9(2)14-15-12(11)8-10/h4-8H,3H2,1-2H3,(H,14,15). The van der Waals surface area contributed by atoms with Gasteiger partial charge in [0.2, 0.25) is 0 Å². The third-order valence-corrected chi connectivity index (χ3v) is 2.47. The molecule has 0 saturated carbocycles. The van der Waals surface area contributed by atoms with Crippen LogP contribution in [0.2, 0.25) is 0 Å². The number of H-pyrrole nitrogens is 1. The fourth-order valence-electron chi connectivity index (χ4n) is 1.62. The minimum absolute atomic E-state index is 0.328. The smallest absolute Gasteiger partial charge is 0.330 e. The molecule has 2 rings (SSSR count). The maximum absolute atomic E-state index is 11.2. The van der Waals surface area contributed by atoms with Gasteiger partial charge in [-0.15, -0.1) is 0 Å². The Bertz CT molecular complexity index is 570. The van der Waals surface area contributed by atoms with Gasteiger partial charge in [0.05, 0.1) is 12.1 Å². The number of ether oxygens (including phenoxy) is 1. The molecule has 2 aromatic rings. The first kappa shape index (κ1) is 11.4. The highest BCUT2D eigenvalue weighted by atomic mass is 16.5. The molecule has 0 aliphatic rings. The van der Waals surface area contributed by atoms with Gasteiger partial charge in [-0.2, -0.15) is 5.10 Å². The first-order chi connectivity index (χ1) is 8.20. The summed E-state index contributed by atoms with van der Waals surface area (Å²) < 4.78 is 4.81. The Morgan fingerprint density at radius 3 is 3.12 bits per heavy atom. The van der Waals surface area contributed by atoms with Crippen molar-refractivity contribution in [2.75, 3.05) is 6.61 Å². The van der Waals surface area contributed by atoms with Gasteiger partial charge in [-0.3, -0.25) is 5.10 Å². The van der Waals surface area contributed by atoms with E-state index in [4.69, 9.17) is 4.74 Å². The van der Waals surface area contributed by atoms with Crippen molar-refractivity contribution in [1.82, 2.24) is 10.2 Å². The molecule has 0 unspecified atom stereocenters. The first-order valence-corrected chi connectivity index (χ1v) is 5.50. The van der Waals surface area contributed by atoms with Crippen LogP contribution in [0.1, 0.15) is 18.2 Å². The number of aromatic nitrogens is 2. The summed E-state index contributed by atoms with van der Waals surface area (Å²) in [4.78, 5) is 11.2. The number of nitrogens with one attached hydrogen (secondary N) is 1. The molecule has 0 amide bonds. The molecular formula is C13H14N2O2. The SMILES string of the molecule is CCOC(=O)C=Cc1ccc2c(C)[nH]nc2c1. The normalized spacial score (nSPS) is 11.2. The van der Waals surface area contributed by atoms with Gasteiger partial charge in [0, 0.05) is 17.2 Å². The predicted molar refractivity (Wildman–Crippen MR) is 66.5 cm³/mol. The highest BCUT2D eigenvalue weighted by Gasteiger charge is 2.01. The van der Waals surface area contributed by atoms with Crippen LogP contribution in [0, 0.1) is 6.92 Å². The molecule has 88 valence electrons. The molecule has 4 heteroatoms. The Morgan fingerprint density at radius 1 is 1.53 bits per heavy atom. The van der Waals surface area contributed by atoms with Gasteiger partial charge < -0.3 is 4.74 Å². The molecular weight excluding hydrogens is 216 g/mol. The van der Waals surface area contributed by atoms with Crippen molar-refractivity contribution in [1.29, 1.82) is 0 Å². The van der Waals surface area contributed by atoms with Crippen molar-refractivity contribution in [3.05, 3.63) is 35.5 Å². The second-order valence-corrected chi connectivity index (χ2v) is 3.71. The molecule has 0 fully saturated rings. The lowest BCUT2D eigenvalue weighted by Gasteiger charge is -1.96. The summed E-state index contributed by atoms with van der Waals surface area (Å²) in [5, 5.41) is 8.19. The summed E-state index contributed by atoms with van der Waals surface area (Å²) >= 11 is 0. The van der Waals surface area contributed by atoms with Crippen LogP contribution < -0.4 is 0 Å². The van der Waals surface area contributed by atoms with Crippen LogP contribution in [-0.4, -0.2) is 22.8 Å². The number of carbonyl (C=O) groups is 1. The molecule has 0 aliphatic heterocycles. The third-order valence-electron chi connectivity index (χ3n) is 2.47. The van der Waals surface area contributed by atoms with Gasteiger partial charge >= 0.3 is 5.97 Å². The lowest BCUT2D eigenvalue weighted by atomic mass is 10.1. The lowest BCUT2D eigenvalue weighted by Crippen LogP contribution is -1.98. The number of esters is 1. The number of aromatic amines is 1. The summed E-state index contributed by atoms with van der Waals surface area (Å²) in [5.74, 6) is -0.328. The van der Waals surface area contributed by atoms with E-state index in [1.807, 2.05) is 25.1 Å². The predicted octanol–water partition coefficient (Wildman–Crippen LogP) is 2.45. The summed E-state index contributed by atoms with van der Waals surface area (Å²) in [7, 11) is 0. The largest absolute Gasteiger partial charge is 0.463 e. The van der Waals surface area contributed by atoms with Gasteiger partial charge in [0.15, 0.2) is 0 Å². The summed E-state index contributed by atoms with van der Waals surface area (Å²) in [6.07, 6.45) is 3.14. The molecule has 1 N–H and O–H groups in total. The van der Waals surface area contributed by atoms with Crippen molar-refractivity contribution in [3.63, 3.8) is 0 Å². The fraction of sp³-hybridized carbons (Fsp3) is 0.231. The van der Waals surface area contributed by atoms with Crippen molar-refractivity contribution in [3.8, 4) is 0 Å². The minimum Gasteiger partial charge on any atom is -0.463 e. The molecule has 0 spiro atoms. The molecule has 17 heavy (non-hydrogen) atoms. The number of rotatable bonds is 3. The summed E-state index contributed by atoms with van der Waals surface area (Å²) in [6, 6.07) is 5.86. The van der Waals surface area contributed by atoms with Crippen LogP contribution in [0.15, 0.2) is 24.3 Å². The van der Waals surface area contributed by atoms with Gasteiger partial charge in [-0.1, -0.05) is 12.1 Å². The number of benzene rings is 1. The Balaban J connectivity index is 2.22. The van der Waals surface area contributed by atoms with Crippen molar-refractivity contribution >= 4 is 22.9 Å². The van der Waals surface area contributed by atoms with Gasteiger partial charge in [-0.05, 0) is 31.6 Å². The Morgan fingerprint density at radius 2 is 2.35 bits per heavy atom. The zero-order valence-electron chi connectivity index (χ0n) is 9.86.